The van der Waals surface area contributed by atoms with E-state index < -0.39 is 4.92 Å². The van der Waals surface area contributed by atoms with E-state index in [1.54, 1.807) is 18.2 Å². The maximum Gasteiger partial charge on any atom is 0.296 e. The summed E-state index contributed by atoms with van der Waals surface area (Å²) in [6, 6.07) is 10.2. The van der Waals surface area contributed by atoms with Gasteiger partial charge in [-0.1, -0.05) is 12.1 Å². The van der Waals surface area contributed by atoms with Gasteiger partial charge < -0.3 is 10.1 Å². The van der Waals surface area contributed by atoms with Crippen LogP contribution in [0.1, 0.15) is 0 Å². The molecule has 18 heavy (non-hydrogen) atoms. The minimum Gasteiger partial charge on any atom is -0.453 e. The van der Waals surface area contributed by atoms with E-state index in [1.165, 1.54) is 6.07 Å². The molecule has 0 atom stereocenters. The van der Waals surface area contributed by atoms with Gasteiger partial charge in [0.25, 0.3) is 5.69 Å². The highest BCUT2D eigenvalue weighted by Gasteiger charge is 2.25. The number of hydrogen-bond donors (Lipinski definition) is 1. The van der Waals surface area contributed by atoms with Gasteiger partial charge in [0, 0.05) is 10.5 Å². The van der Waals surface area contributed by atoms with Crippen molar-refractivity contribution in [1.82, 2.24) is 0 Å². The molecule has 1 heterocycles. The Balaban J connectivity index is 2.17. The van der Waals surface area contributed by atoms with Crippen LogP contribution in [0.2, 0.25) is 0 Å². The average molecular weight is 307 g/mol. The van der Waals surface area contributed by atoms with Gasteiger partial charge in [0.1, 0.15) is 0 Å². The molecule has 1 aliphatic heterocycles. The molecule has 0 aromatic heterocycles. The zero-order valence-electron chi connectivity index (χ0n) is 9.01. The molecule has 0 radical (unpaired) electrons. The van der Waals surface area contributed by atoms with Crippen LogP contribution in [-0.2, 0) is 0 Å². The van der Waals surface area contributed by atoms with Gasteiger partial charge in [0.2, 0.25) is 0 Å². The molecule has 6 heteroatoms. The second-order valence-corrected chi connectivity index (χ2v) is 4.60. The molecular weight excluding hydrogens is 300 g/mol. The second-order valence-electron chi connectivity index (χ2n) is 3.75. The van der Waals surface area contributed by atoms with Gasteiger partial charge in [-0.3, -0.25) is 10.1 Å². The maximum atomic E-state index is 11.0. The summed E-state index contributed by atoms with van der Waals surface area (Å²) in [4.78, 5) is 10.5. The molecule has 0 bridgehead atoms. The molecule has 0 spiro atoms. The number of nitrogens with one attached hydrogen (secondary N) is 1. The Morgan fingerprint density at radius 3 is 2.50 bits per heavy atom. The minimum atomic E-state index is -0.434. The van der Waals surface area contributed by atoms with Crippen LogP contribution in [0.15, 0.2) is 40.9 Å². The van der Waals surface area contributed by atoms with Gasteiger partial charge in [-0.25, -0.2) is 0 Å². The Labute approximate surface area is 111 Å². The molecule has 2 aromatic carbocycles. The highest BCUT2D eigenvalue weighted by atomic mass is 79.9. The third kappa shape index (κ3) is 1.62. The Kier molecular flexibility index (Phi) is 2.45. The molecule has 0 saturated heterocycles. The maximum absolute atomic E-state index is 11.0. The molecule has 3 rings (SSSR count). The lowest BCUT2D eigenvalue weighted by atomic mass is 10.2. The van der Waals surface area contributed by atoms with E-state index in [0.717, 1.165) is 4.47 Å². The summed E-state index contributed by atoms with van der Waals surface area (Å²) >= 11 is 3.38. The molecule has 0 aliphatic carbocycles. The fraction of sp³-hybridized carbons (Fsp3) is 0. The van der Waals surface area contributed by atoms with Crippen molar-refractivity contribution in [3.05, 3.63) is 51.0 Å². The fourth-order valence-corrected chi connectivity index (χ4v) is 2.28. The molecule has 0 saturated carbocycles. The van der Waals surface area contributed by atoms with Crippen molar-refractivity contribution >= 4 is 33.0 Å². The van der Waals surface area contributed by atoms with Gasteiger partial charge in [-0.15, -0.1) is 0 Å². The summed E-state index contributed by atoms with van der Waals surface area (Å²) < 4.78 is 6.45. The van der Waals surface area contributed by atoms with Crippen LogP contribution < -0.4 is 10.1 Å². The van der Waals surface area contributed by atoms with Gasteiger partial charge in [0.05, 0.1) is 10.6 Å². The number of nitrogens with zero attached hydrogens (tertiary/aromatic N) is 1. The van der Waals surface area contributed by atoms with Gasteiger partial charge in [-0.2, -0.15) is 0 Å². The lowest BCUT2D eigenvalue weighted by molar-refractivity contribution is -0.384. The lowest BCUT2D eigenvalue weighted by Crippen LogP contribution is -2.05. The highest BCUT2D eigenvalue weighted by molar-refractivity contribution is 9.10. The SMILES string of the molecule is O=[N+]([O-])c1cccc2c1Nc1c(Br)cccc1O2. The minimum absolute atomic E-state index is 0.00565. The summed E-state index contributed by atoms with van der Waals surface area (Å²) in [5.74, 6) is 1.09. The Morgan fingerprint density at radius 2 is 1.78 bits per heavy atom. The smallest absolute Gasteiger partial charge is 0.296 e. The zero-order chi connectivity index (χ0) is 12.7. The van der Waals surface area contributed by atoms with Crippen LogP contribution in [0, 0.1) is 10.1 Å². The monoisotopic (exact) mass is 306 g/mol. The van der Waals surface area contributed by atoms with E-state index in [9.17, 15) is 10.1 Å². The van der Waals surface area contributed by atoms with Crippen molar-refractivity contribution in [2.24, 2.45) is 0 Å². The standard InChI is InChI=1S/C12H7BrN2O3/c13-7-3-1-5-9-11(7)14-12-8(15(16)17)4-2-6-10(12)18-9/h1-6,14H. The number of nitro groups is 1. The Morgan fingerprint density at radius 1 is 1.11 bits per heavy atom. The first kappa shape index (κ1) is 11.0. The van der Waals surface area contributed by atoms with Crippen LogP contribution >= 0.6 is 15.9 Å². The molecule has 5 nitrogen and oxygen atoms in total. The first-order chi connectivity index (χ1) is 8.66. The molecule has 90 valence electrons. The van der Waals surface area contributed by atoms with E-state index in [1.807, 2.05) is 12.1 Å². The quantitative estimate of drug-likeness (QED) is 0.540. The molecule has 0 amide bonds. The number of rotatable bonds is 1. The number of fused-ring (bicyclic) bond motifs is 2. The first-order valence-corrected chi connectivity index (χ1v) is 5.97. The number of anilines is 2. The summed E-state index contributed by atoms with van der Waals surface area (Å²) in [6.45, 7) is 0. The van der Waals surface area contributed by atoms with E-state index >= 15 is 0 Å². The summed E-state index contributed by atoms with van der Waals surface area (Å²) in [5.41, 5.74) is 1.06. The Bertz CT molecular complexity index is 658. The van der Waals surface area contributed by atoms with Crippen molar-refractivity contribution in [1.29, 1.82) is 0 Å². The van der Waals surface area contributed by atoms with Crippen molar-refractivity contribution in [3.8, 4) is 11.5 Å². The number of benzene rings is 2. The molecular formula is C12H7BrN2O3. The predicted octanol–water partition coefficient (Wildman–Crippen LogP) is 4.21. The number of halogens is 1. The van der Waals surface area contributed by atoms with Gasteiger partial charge in [-0.05, 0) is 34.1 Å². The van der Waals surface area contributed by atoms with Crippen molar-refractivity contribution in [2.75, 3.05) is 5.32 Å². The van der Waals surface area contributed by atoms with Crippen LogP contribution in [0.25, 0.3) is 0 Å². The third-order valence-electron chi connectivity index (χ3n) is 2.65. The van der Waals surface area contributed by atoms with Gasteiger partial charge in [0.15, 0.2) is 17.2 Å². The molecule has 1 aliphatic rings. The van der Waals surface area contributed by atoms with Crippen molar-refractivity contribution < 1.29 is 9.66 Å². The molecule has 0 unspecified atom stereocenters. The van der Waals surface area contributed by atoms with E-state index in [4.69, 9.17) is 4.74 Å². The zero-order valence-corrected chi connectivity index (χ0v) is 10.6. The topological polar surface area (TPSA) is 64.4 Å². The van der Waals surface area contributed by atoms with Crippen LogP contribution in [0.4, 0.5) is 17.1 Å². The van der Waals surface area contributed by atoms with E-state index in [0.29, 0.717) is 22.9 Å². The molecule has 2 aromatic rings. The average Bonchev–Trinajstić information content (AvgIpc) is 2.36. The summed E-state index contributed by atoms with van der Waals surface area (Å²) in [7, 11) is 0. The molecule has 1 N–H and O–H groups in total. The molecule has 0 fully saturated rings. The van der Waals surface area contributed by atoms with Crippen LogP contribution in [0.5, 0.6) is 11.5 Å². The summed E-state index contributed by atoms with van der Waals surface area (Å²) in [5, 5.41) is 14.0. The van der Waals surface area contributed by atoms with Crippen molar-refractivity contribution in [2.45, 2.75) is 0 Å². The van der Waals surface area contributed by atoms with Crippen LogP contribution in [0.3, 0.4) is 0 Å². The number of hydrogen-bond acceptors (Lipinski definition) is 4. The normalized spacial score (nSPS) is 11.8. The predicted molar refractivity (Wildman–Crippen MR) is 70.6 cm³/mol. The summed E-state index contributed by atoms with van der Waals surface area (Å²) in [6.07, 6.45) is 0. The van der Waals surface area contributed by atoms with E-state index in [-0.39, 0.29) is 5.69 Å². The lowest BCUT2D eigenvalue weighted by Gasteiger charge is -2.22. The third-order valence-corrected chi connectivity index (χ3v) is 3.31. The Hall–Kier alpha value is -2.08. The number of ether oxygens (including phenoxy) is 1. The van der Waals surface area contributed by atoms with Gasteiger partial charge >= 0.3 is 0 Å². The largest absolute Gasteiger partial charge is 0.453 e. The van der Waals surface area contributed by atoms with E-state index in [2.05, 4.69) is 21.2 Å². The van der Waals surface area contributed by atoms with Crippen molar-refractivity contribution in [3.63, 3.8) is 0 Å². The fourth-order valence-electron chi connectivity index (χ4n) is 1.84. The number of para-hydroxylation sites is 2. The van der Waals surface area contributed by atoms with Crippen LogP contribution in [-0.4, -0.2) is 4.92 Å². The highest BCUT2D eigenvalue weighted by Crippen LogP contribution is 2.48. The second kappa shape index (κ2) is 3.99. The number of nitro benzene ring substituents is 1. The first-order valence-electron chi connectivity index (χ1n) is 5.17.